The fourth-order valence-electron chi connectivity index (χ4n) is 2.33. The molecule has 10 heteroatoms. The molecular formula is C16H13ClF3NO4S. The van der Waals surface area contributed by atoms with E-state index in [4.69, 9.17) is 21.1 Å². The van der Waals surface area contributed by atoms with Crippen LogP contribution < -0.4 is 14.2 Å². The maximum Gasteiger partial charge on any atom is 0.416 e. The van der Waals surface area contributed by atoms with Gasteiger partial charge in [-0.05, 0) is 30.3 Å². The average Bonchev–Trinajstić information content (AvgIpc) is 2.59. The SMILES string of the molecule is O=S(=O)(NCC1COc2ccccc2O1)c1cc(C(F)(F)F)ccc1Cl. The fourth-order valence-corrected chi connectivity index (χ4v) is 3.92. The quantitative estimate of drug-likeness (QED) is 0.842. The molecule has 1 unspecified atom stereocenters. The molecule has 1 atom stereocenters. The second-order valence-corrected chi connectivity index (χ2v) is 7.64. The van der Waals surface area contributed by atoms with Crippen molar-refractivity contribution < 1.29 is 31.1 Å². The van der Waals surface area contributed by atoms with Gasteiger partial charge in [0.1, 0.15) is 17.6 Å². The van der Waals surface area contributed by atoms with E-state index < -0.39 is 32.8 Å². The molecule has 2 aromatic rings. The molecule has 0 aromatic heterocycles. The standard InChI is InChI=1S/C16H13ClF3NO4S/c17-12-6-5-10(16(18,19)20)7-15(12)26(22,23)21-8-11-9-24-13-3-1-2-4-14(13)25-11/h1-7,11,21H,8-9H2. The van der Waals surface area contributed by atoms with Crippen molar-refractivity contribution in [2.45, 2.75) is 17.2 Å². The third-order valence-corrected chi connectivity index (χ3v) is 5.52. The van der Waals surface area contributed by atoms with Gasteiger partial charge in [-0.3, -0.25) is 0 Å². The van der Waals surface area contributed by atoms with Crippen molar-refractivity contribution in [2.24, 2.45) is 0 Å². The highest BCUT2D eigenvalue weighted by atomic mass is 35.5. The molecule has 0 aliphatic carbocycles. The van der Waals surface area contributed by atoms with Crippen LogP contribution in [0.15, 0.2) is 47.4 Å². The zero-order valence-corrected chi connectivity index (χ0v) is 14.7. The molecule has 0 amide bonds. The van der Waals surface area contributed by atoms with Gasteiger partial charge in [0.15, 0.2) is 11.5 Å². The third kappa shape index (κ3) is 4.05. The summed E-state index contributed by atoms with van der Waals surface area (Å²) in [5.74, 6) is 0.993. The number of hydrogen-bond donors (Lipinski definition) is 1. The smallest absolute Gasteiger partial charge is 0.416 e. The summed E-state index contributed by atoms with van der Waals surface area (Å²) in [6.07, 6.45) is -5.32. The molecule has 5 nitrogen and oxygen atoms in total. The van der Waals surface area contributed by atoms with Gasteiger partial charge in [0.05, 0.1) is 17.1 Å². The van der Waals surface area contributed by atoms with Gasteiger partial charge in [0.25, 0.3) is 0 Å². The molecule has 140 valence electrons. The van der Waals surface area contributed by atoms with E-state index in [9.17, 15) is 21.6 Å². The van der Waals surface area contributed by atoms with Crippen molar-refractivity contribution >= 4 is 21.6 Å². The Hall–Kier alpha value is -1.97. The van der Waals surface area contributed by atoms with Gasteiger partial charge >= 0.3 is 6.18 Å². The molecule has 0 bridgehead atoms. The molecule has 2 aromatic carbocycles. The number of ether oxygens (including phenoxy) is 2. The van der Waals surface area contributed by atoms with Crippen LogP contribution in [0.25, 0.3) is 0 Å². The highest BCUT2D eigenvalue weighted by Crippen LogP contribution is 2.34. The first-order valence-corrected chi connectivity index (χ1v) is 9.28. The van der Waals surface area contributed by atoms with Crippen LogP contribution in [-0.2, 0) is 16.2 Å². The fraction of sp³-hybridized carbons (Fsp3) is 0.250. The van der Waals surface area contributed by atoms with Gasteiger partial charge in [0, 0.05) is 0 Å². The molecule has 1 aliphatic rings. The predicted octanol–water partition coefficient (Wildman–Crippen LogP) is 3.48. The molecule has 1 aliphatic heterocycles. The molecule has 0 saturated carbocycles. The molecule has 1 N–H and O–H groups in total. The Morgan fingerprint density at radius 3 is 2.54 bits per heavy atom. The Bertz CT molecular complexity index is 918. The number of para-hydroxylation sites is 2. The predicted molar refractivity (Wildman–Crippen MR) is 88.0 cm³/mol. The summed E-state index contributed by atoms with van der Waals surface area (Å²) in [6.45, 7) is -0.0981. The number of fused-ring (bicyclic) bond motifs is 1. The molecule has 0 saturated heterocycles. The van der Waals surface area contributed by atoms with Crippen LogP contribution in [0.3, 0.4) is 0 Å². The number of benzene rings is 2. The average molecular weight is 408 g/mol. The normalized spacial score (nSPS) is 17.2. The summed E-state index contributed by atoms with van der Waals surface area (Å²) >= 11 is 5.78. The van der Waals surface area contributed by atoms with Crippen molar-refractivity contribution in [2.75, 3.05) is 13.2 Å². The highest BCUT2D eigenvalue weighted by Gasteiger charge is 2.33. The summed E-state index contributed by atoms with van der Waals surface area (Å²) < 4.78 is 76.4. The van der Waals surface area contributed by atoms with Crippen LogP contribution in [0.1, 0.15) is 5.56 Å². The Kier molecular flexibility index (Phi) is 5.05. The molecule has 26 heavy (non-hydrogen) atoms. The number of alkyl halides is 3. The van der Waals surface area contributed by atoms with Crippen LogP contribution in [0.2, 0.25) is 5.02 Å². The van der Waals surface area contributed by atoms with Crippen LogP contribution in [0, 0.1) is 0 Å². The highest BCUT2D eigenvalue weighted by molar-refractivity contribution is 7.89. The third-order valence-electron chi connectivity index (χ3n) is 3.62. The molecule has 0 radical (unpaired) electrons. The van der Waals surface area contributed by atoms with Gasteiger partial charge in [-0.1, -0.05) is 23.7 Å². The Morgan fingerprint density at radius 2 is 1.85 bits per heavy atom. The maximum atomic E-state index is 12.8. The van der Waals surface area contributed by atoms with Crippen LogP contribution >= 0.6 is 11.6 Å². The number of nitrogens with one attached hydrogen (secondary N) is 1. The van der Waals surface area contributed by atoms with E-state index in [1.807, 2.05) is 0 Å². The first-order valence-electron chi connectivity index (χ1n) is 7.42. The van der Waals surface area contributed by atoms with Crippen LogP contribution in [-0.4, -0.2) is 27.7 Å². The Labute approximate surface area is 152 Å². The Balaban J connectivity index is 1.74. The van der Waals surface area contributed by atoms with Gasteiger partial charge < -0.3 is 9.47 Å². The lowest BCUT2D eigenvalue weighted by atomic mass is 10.2. The van der Waals surface area contributed by atoms with Crippen molar-refractivity contribution in [1.29, 1.82) is 0 Å². The summed E-state index contributed by atoms with van der Waals surface area (Å²) in [4.78, 5) is -0.647. The first-order chi connectivity index (χ1) is 12.2. The van der Waals surface area contributed by atoms with E-state index in [0.29, 0.717) is 17.6 Å². The lowest BCUT2D eigenvalue weighted by Gasteiger charge is -2.26. The van der Waals surface area contributed by atoms with Crippen molar-refractivity contribution in [3.8, 4) is 11.5 Å². The number of halogens is 4. The van der Waals surface area contributed by atoms with Crippen molar-refractivity contribution in [3.05, 3.63) is 53.1 Å². The summed E-state index contributed by atoms with van der Waals surface area (Å²) in [5.41, 5.74) is -1.10. The van der Waals surface area contributed by atoms with E-state index in [0.717, 1.165) is 12.1 Å². The minimum absolute atomic E-state index is 0.0931. The Morgan fingerprint density at radius 1 is 1.15 bits per heavy atom. The second-order valence-electron chi connectivity index (χ2n) is 5.49. The first kappa shape index (κ1) is 18.8. The molecule has 3 rings (SSSR count). The van der Waals surface area contributed by atoms with Crippen molar-refractivity contribution in [1.82, 2.24) is 4.72 Å². The monoisotopic (exact) mass is 407 g/mol. The van der Waals surface area contributed by atoms with Gasteiger partial charge in [-0.2, -0.15) is 13.2 Å². The molecule has 0 fully saturated rings. The minimum atomic E-state index is -4.68. The molecule has 1 heterocycles. The van der Waals surface area contributed by atoms with Gasteiger partial charge in [-0.15, -0.1) is 0 Å². The van der Waals surface area contributed by atoms with Crippen molar-refractivity contribution in [3.63, 3.8) is 0 Å². The number of rotatable bonds is 4. The van der Waals surface area contributed by atoms with Gasteiger partial charge in [-0.25, -0.2) is 13.1 Å². The largest absolute Gasteiger partial charge is 0.486 e. The summed E-state index contributed by atoms with van der Waals surface area (Å²) in [5, 5.41) is -0.309. The lowest BCUT2D eigenvalue weighted by molar-refractivity contribution is -0.137. The van der Waals surface area contributed by atoms with E-state index in [1.165, 1.54) is 0 Å². The summed E-state index contributed by atoms with van der Waals surface area (Å²) in [6, 6.07) is 8.99. The minimum Gasteiger partial charge on any atom is -0.486 e. The zero-order chi connectivity index (χ0) is 18.9. The van der Waals surface area contributed by atoms with E-state index in [-0.39, 0.29) is 18.2 Å². The van der Waals surface area contributed by atoms with E-state index >= 15 is 0 Å². The summed E-state index contributed by atoms with van der Waals surface area (Å²) in [7, 11) is -4.27. The molecule has 0 spiro atoms. The number of hydrogen-bond acceptors (Lipinski definition) is 4. The van der Waals surface area contributed by atoms with Crippen LogP contribution in [0.4, 0.5) is 13.2 Å². The topological polar surface area (TPSA) is 64.6 Å². The zero-order valence-electron chi connectivity index (χ0n) is 13.1. The van der Waals surface area contributed by atoms with Crippen LogP contribution in [0.5, 0.6) is 11.5 Å². The molecular weight excluding hydrogens is 395 g/mol. The second kappa shape index (κ2) is 6.98. The lowest BCUT2D eigenvalue weighted by Crippen LogP contribution is -2.40. The van der Waals surface area contributed by atoms with Gasteiger partial charge in [0.2, 0.25) is 10.0 Å². The number of sulfonamides is 1. The van der Waals surface area contributed by atoms with E-state index in [2.05, 4.69) is 4.72 Å². The maximum absolute atomic E-state index is 12.8. The van der Waals surface area contributed by atoms with E-state index in [1.54, 1.807) is 24.3 Å².